The van der Waals surface area contributed by atoms with E-state index in [2.05, 4.69) is 20.2 Å². The average Bonchev–Trinajstić information content (AvgIpc) is 2.49. The van der Waals surface area contributed by atoms with Gasteiger partial charge in [0.15, 0.2) is 0 Å². The molecule has 0 spiro atoms. The summed E-state index contributed by atoms with van der Waals surface area (Å²) in [7, 11) is 0. The van der Waals surface area contributed by atoms with E-state index in [1.165, 1.54) is 0 Å². The molecule has 1 fully saturated rings. The first-order chi connectivity index (χ1) is 9.79. The van der Waals surface area contributed by atoms with E-state index < -0.39 is 0 Å². The van der Waals surface area contributed by atoms with Crippen molar-refractivity contribution in [3.8, 4) is 0 Å². The van der Waals surface area contributed by atoms with E-state index in [1.54, 1.807) is 6.20 Å². The molecule has 0 atom stereocenters. The van der Waals surface area contributed by atoms with Crippen LogP contribution in [0.4, 0.5) is 5.82 Å². The zero-order valence-corrected chi connectivity index (χ0v) is 12.0. The van der Waals surface area contributed by atoms with Crippen molar-refractivity contribution in [1.82, 2.24) is 15.3 Å². The van der Waals surface area contributed by atoms with E-state index in [0.29, 0.717) is 19.4 Å². The van der Waals surface area contributed by atoms with Crippen LogP contribution in [-0.4, -0.2) is 48.7 Å². The summed E-state index contributed by atoms with van der Waals surface area (Å²) < 4.78 is 5.13. The lowest BCUT2D eigenvalue weighted by Gasteiger charge is -2.28. The predicted octanol–water partition coefficient (Wildman–Crippen LogP) is 0.772. The Balaban J connectivity index is 1.84. The summed E-state index contributed by atoms with van der Waals surface area (Å²) in [6.45, 7) is 6.19. The number of carbonyl (C=O) groups is 1. The van der Waals surface area contributed by atoms with Crippen LogP contribution in [0.1, 0.15) is 25.6 Å². The van der Waals surface area contributed by atoms with Crippen molar-refractivity contribution in [3.63, 3.8) is 0 Å². The molecule has 110 valence electrons. The topological polar surface area (TPSA) is 67.3 Å². The number of carbonyl (C=O) groups excluding carboxylic acids is 1. The van der Waals surface area contributed by atoms with E-state index >= 15 is 0 Å². The highest BCUT2D eigenvalue weighted by Gasteiger charge is 2.12. The number of nitrogens with one attached hydrogen (secondary N) is 1. The molecule has 1 saturated heterocycles. The van der Waals surface area contributed by atoms with Crippen LogP contribution in [-0.2, 0) is 16.0 Å². The highest BCUT2D eigenvalue weighted by molar-refractivity contribution is 5.69. The third kappa shape index (κ3) is 4.45. The number of nitrogens with zero attached hydrogens (tertiary/aromatic N) is 3. The number of hydrogen-bond donors (Lipinski definition) is 1. The van der Waals surface area contributed by atoms with Crippen molar-refractivity contribution in [3.05, 3.63) is 18.1 Å². The predicted molar refractivity (Wildman–Crippen MR) is 76.7 cm³/mol. The van der Waals surface area contributed by atoms with Gasteiger partial charge in [0, 0.05) is 45.2 Å². The van der Waals surface area contributed by atoms with E-state index in [4.69, 9.17) is 4.74 Å². The highest BCUT2D eigenvalue weighted by Crippen LogP contribution is 2.10. The number of esters is 1. The van der Waals surface area contributed by atoms with E-state index in [9.17, 15) is 4.79 Å². The molecule has 0 bridgehead atoms. The van der Waals surface area contributed by atoms with Gasteiger partial charge >= 0.3 is 5.97 Å². The van der Waals surface area contributed by atoms with Crippen LogP contribution in [0.3, 0.4) is 0 Å². The van der Waals surface area contributed by atoms with Gasteiger partial charge in [0.25, 0.3) is 0 Å². The molecular formula is C14H22N4O2. The molecule has 0 amide bonds. The van der Waals surface area contributed by atoms with Gasteiger partial charge in [-0.15, -0.1) is 0 Å². The maximum absolute atomic E-state index is 11.3. The number of aromatic nitrogens is 2. The van der Waals surface area contributed by atoms with Crippen LogP contribution < -0.4 is 10.2 Å². The van der Waals surface area contributed by atoms with Gasteiger partial charge in [-0.1, -0.05) is 6.92 Å². The van der Waals surface area contributed by atoms with Crippen LogP contribution in [0.25, 0.3) is 0 Å². The fourth-order valence-corrected chi connectivity index (χ4v) is 2.11. The molecule has 1 aliphatic rings. The molecule has 0 aliphatic carbocycles. The fourth-order valence-electron chi connectivity index (χ4n) is 2.11. The van der Waals surface area contributed by atoms with E-state index in [1.807, 2.05) is 13.0 Å². The summed E-state index contributed by atoms with van der Waals surface area (Å²) in [4.78, 5) is 22.3. The molecule has 1 aromatic heterocycles. The molecule has 1 N–H and O–H groups in total. The molecular weight excluding hydrogens is 256 g/mol. The summed E-state index contributed by atoms with van der Waals surface area (Å²) >= 11 is 0. The summed E-state index contributed by atoms with van der Waals surface area (Å²) in [5.41, 5.74) is 0. The second-order valence-electron chi connectivity index (χ2n) is 4.79. The first-order valence-corrected chi connectivity index (χ1v) is 7.23. The van der Waals surface area contributed by atoms with Gasteiger partial charge in [0.1, 0.15) is 11.6 Å². The van der Waals surface area contributed by atoms with Gasteiger partial charge in [0.2, 0.25) is 0 Å². The quantitative estimate of drug-likeness (QED) is 0.775. The van der Waals surface area contributed by atoms with Crippen LogP contribution >= 0.6 is 0 Å². The number of anilines is 1. The Morgan fingerprint density at radius 1 is 1.45 bits per heavy atom. The minimum atomic E-state index is -0.147. The number of hydrogen-bond acceptors (Lipinski definition) is 6. The standard InChI is InChI=1S/C14H22N4O2/c1-2-3-14(19)20-11-5-12-16-6-4-13(17-12)18-9-7-15-8-10-18/h4,6,15H,2-3,5,7-11H2,1H3. The molecule has 0 aromatic carbocycles. The Hall–Kier alpha value is -1.69. The van der Waals surface area contributed by atoms with Crippen molar-refractivity contribution >= 4 is 11.8 Å². The molecule has 1 aliphatic heterocycles. The van der Waals surface area contributed by atoms with Crippen molar-refractivity contribution in [2.75, 3.05) is 37.7 Å². The normalized spacial score (nSPS) is 15.2. The Morgan fingerprint density at radius 2 is 2.25 bits per heavy atom. The van der Waals surface area contributed by atoms with Gasteiger partial charge in [-0.2, -0.15) is 0 Å². The molecule has 6 heteroatoms. The van der Waals surface area contributed by atoms with Gasteiger partial charge in [-0.05, 0) is 12.5 Å². The second-order valence-corrected chi connectivity index (χ2v) is 4.79. The molecule has 0 saturated carbocycles. The van der Waals surface area contributed by atoms with Crippen LogP contribution in [0.15, 0.2) is 12.3 Å². The SMILES string of the molecule is CCCC(=O)OCCc1nccc(N2CCNCC2)n1. The highest BCUT2D eigenvalue weighted by atomic mass is 16.5. The van der Waals surface area contributed by atoms with Gasteiger partial charge in [-0.25, -0.2) is 9.97 Å². The average molecular weight is 278 g/mol. The summed E-state index contributed by atoms with van der Waals surface area (Å²) in [5.74, 6) is 1.53. The molecule has 0 radical (unpaired) electrons. The van der Waals surface area contributed by atoms with Gasteiger partial charge in [0.05, 0.1) is 6.61 Å². The number of rotatable bonds is 6. The monoisotopic (exact) mass is 278 g/mol. The van der Waals surface area contributed by atoms with Crippen molar-refractivity contribution in [2.24, 2.45) is 0 Å². The Bertz CT molecular complexity index is 433. The lowest BCUT2D eigenvalue weighted by atomic mass is 10.3. The number of piperazine rings is 1. The van der Waals surface area contributed by atoms with Crippen LogP contribution in [0, 0.1) is 0 Å². The van der Waals surface area contributed by atoms with Gasteiger partial charge in [-0.3, -0.25) is 4.79 Å². The maximum Gasteiger partial charge on any atom is 0.305 e. The van der Waals surface area contributed by atoms with Crippen LogP contribution in [0.5, 0.6) is 0 Å². The third-order valence-electron chi connectivity index (χ3n) is 3.17. The minimum Gasteiger partial charge on any atom is -0.465 e. The Morgan fingerprint density at radius 3 is 3.00 bits per heavy atom. The lowest BCUT2D eigenvalue weighted by Crippen LogP contribution is -2.44. The molecule has 2 rings (SSSR count). The Labute approximate surface area is 119 Å². The largest absolute Gasteiger partial charge is 0.465 e. The zero-order chi connectivity index (χ0) is 14.2. The van der Waals surface area contributed by atoms with Crippen molar-refractivity contribution in [2.45, 2.75) is 26.2 Å². The molecule has 2 heterocycles. The molecule has 6 nitrogen and oxygen atoms in total. The minimum absolute atomic E-state index is 0.147. The first-order valence-electron chi connectivity index (χ1n) is 7.23. The summed E-state index contributed by atoms with van der Waals surface area (Å²) in [6, 6.07) is 1.93. The molecule has 0 unspecified atom stereocenters. The smallest absolute Gasteiger partial charge is 0.305 e. The summed E-state index contributed by atoms with van der Waals surface area (Å²) in [6.07, 6.45) is 3.62. The molecule has 1 aromatic rings. The van der Waals surface area contributed by atoms with Crippen LogP contribution in [0.2, 0.25) is 0 Å². The Kier molecular flexibility index (Phi) is 5.73. The van der Waals surface area contributed by atoms with E-state index in [0.717, 1.165) is 44.2 Å². The fraction of sp³-hybridized carbons (Fsp3) is 0.643. The first kappa shape index (κ1) is 14.7. The van der Waals surface area contributed by atoms with E-state index in [-0.39, 0.29) is 5.97 Å². The van der Waals surface area contributed by atoms with Gasteiger partial charge < -0.3 is 15.0 Å². The second kappa shape index (κ2) is 7.79. The molecule has 20 heavy (non-hydrogen) atoms. The third-order valence-corrected chi connectivity index (χ3v) is 3.17. The van der Waals surface area contributed by atoms with Crippen molar-refractivity contribution < 1.29 is 9.53 Å². The maximum atomic E-state index is 11.3. The lowest BCUT2D eigenvalue weighted by molar-refractivity contribution is -0.143. The zero-order valence-electron chi connectivity index (χ0n) is 12.0. The summed E-state index contributed by atoms with van der Waals surface area (Å²) in [5, 5.41) is 3.32. The number of ether oxygens (including phenoxy) is 1. The van der Waals surface area contributed by atoms with Crippen molar-refractivity contribution in [1.29, 1.82) is 0 Å².